The highest BCUT2D eigenvalue weighted by molar-refractivity contribution is 6.31. The van der Waals surface area contributed by atoms with Crippen molar-refractivity contribution < 1.29 is 27.7 Å². The number of oxime groups is 1. The predicted molar refractivity (Wildman–Crippen MR) is 123 cm³/mol. The van der Waals surface area contributed by atoms with Crippen LogP contribution in [-0.2, 0) is 17.6 Å². The van der Waals surface area contributed by atoms with Crippen molar-refractivity contribution in [3.8, 4) is 0 Å². The average Bonchev–Trinajstić information content (AvgIpc) is 2.81. The number of nitro groups is 1. The van der Waals surface area contributed by atoms with Crippen LogP contribution in [-0.4, -0.2) is 21.8 Å². The van der Waals surface area contributed by atoms with E-state index in [1.54, 1.807) is 30.3 Å². The van der Waals surface area contributed by atoms with E-state index < -0.39 is 22.8 Å². The van der Waals surface area contributed by atoms with E-state index >= 15 is 0 Å². The first-order valence-corrected chi connectivity index (χ1v) is 10.2. The van der Waals surface area contributed by atoms with Crippen molar-refractivity contribution in [3.05, 3.63) is 93.3 Å². The Morgan fingerprint density at radius 3 is 2.49 bits per heavy atom. The summed E-state index contributed by atoms with van der Waals surface area (Å²) in [6, 6.07) is 14.7. The predicted octanol–water partition coefficient (Wildman–Crippen LogP) is 6.25. The molecule has 1 heterocycles. The number of nitro benzene ring substituents is 1. The highest BCUT2D eigenvalue weighted by atomic mass is 35.5. The fraction of sp³-hybridized carbons (Fsp3) is 0.136. The minimum absolute atomic E-state index is 0.0129. The molecule has 1 aromatic heterocycles. The van der Waals surface area contributed by atoms with Crippen LogP contribution in [0, 0.1) is 10.1 Å². The SMILES string of the molecule is CC(=NOC(=O)Nc1ccccc1)N(Cc1ncc(C(F)(F)F)cc1Cl)c1ccccc1[N+](=O)[O-]. The van der Waals surface area contributed by atoms with E-state index in [0.717, 1.165) is 0 Å². The third-order valence-corrected chi connectivity index (χ3v) is 4.92. The molecule has 0 aliphatic rings. The number of hydrogen-bond acceptors (Lipinski definition) is 6. The van der Waals surface area contributed by atoms with Crippen molar-refractivity contribution in [2.45, 2.75) is 19.6 Å². The maximum atomic E-state index is 13.0. The summed E-state index contributed by atoms with van der Waals surface area (Å²) in [6.45, 7) is 1.09. The number of carbonyl (C=O) groups is 1. The fourth-order valence-electron chi connectivity index (χ4n) is 2.93. The number of nitrogens with one attached hydrogen (secondary N) is 1. The molecule has 0 radical (unpaired) electrons. The Balaban J connectivity index is 1.92. The first kappa shape index (κ1) is 25.4. The number of pyridine rings is 1. The molecule has 0 fully saturated rings. The van der Waals surface area contributed by atoms with E-state index in [2.05, 4.69) is 15.5 Å². The Kier molecular flexibility index (Phi) is 7.87. The quantitative estimate of drug-likeness (QED) is 0.139. The molecule has 1 N–H and O–H groups in total. The summed E-state index contributed by atoms with van der Waals surface area (Å²) < 4.78 is 38.9. The lowest BCUT2D eigenvalue weighted by molar-refractivity contribution is -0.384. The Morgan fingerprint density at radius 1 is 1.20 bits per heavy atom. The smallest absolute Gasteiger partial charge is 0.315 e. The largest absolute Gasteiger partial charge is 0.437 e. The highest BCUT2D eigenvalue weighted by Gasteiger charge is 2.32. The Morgan fingerprint density at radius 2 is 1.86 bits per heavy atom. The number of nitrogens with zero attached hydrogens (tertiary/aromatic N) is 4. The second-order valence-electron chi connectivity index (χ2n) is 6.99. The number of halogens is 4. The van der Waals surface area contributed by atoms with Gasteiger partial charge in [-0.1, -0.05) is 47.1 Å². The van der Waals surface area contributed by atoms with Crippen LogP contribution in [0.15, 0.2) is 72.0 Å². The number of anilines is 2. The van der Waals surface area contributed by atoms with Gasteiger partial charge in [0.15, 0.2) is 0 Å². The Hall–Kier alpha value is -4.19. The van der Waals surface area contributed by atoms with Crippen LogP contribution in [0.3, 0.4) is 0 Å². The van der Waals surface area contributed by atoms with Gasteiger partial charge in [-0.2, -0.15) is 13.2 Å². The number of para-hydroxylation sites is 3. The van der Waals surface area contributed by atoms with Crippen LogP contribution in [0.1, 0.15) is 18.2 Å². The van der Waals surface area contributed by atoms with Gasteiger partial charge < -0.3 is 4.90 Å². The molecule has 0 aliphatic heterocycles. The van der Waals surface area contributed by atoms with Crippen LogP contribution >= 0.6 is 11.6 Å². The highest BCUT2D eigenvalue weighted by Crippen LogP contribution is 2.33. The summed E-state index contributed by atoms with van der Waals surface area (Å²) in [4.78, 5) is 32.9. The zero-order valence-corrected chi connectivity index (χ0v) is 18.7. The monoisotopic (exact) mass is 507 g/mol. The van der Waals surface area contributed by atoms with Crippen LogP contribution in [0.5, 0.6) is 0 Å². The molecule has 35 heavy (non-hydrogen) atoms. The molecule has 182 valence electrons. The van der Waals surface area contributed by atoms with Gasteiger partial charge >= 0.3 is 12.3 Å². The molecular weight excluding hydrogens is 491 g/mol. The zero-order valence-electron chi connectivity index (χ0n) is 18.0. The minimum Gasteiger partial charge on any atom is -0.315 e. The van der Waals surface area contributed by atoms with Crippen molar-refractivity contribution in [2.75, 3.05) is 10.2 Å². The van der Waals surface area contributed by atoms with E-state index in [4.69, 9.17) is 16.4 Å². The van der Waals surface area contributed by atoms with Gasteiger partial charge in [0.2, 0.25) is 0 Å². The van der Waals surface area contributed by atoms with Crippen molar-refractivity contribution >= 4 is 40.6 Å². The summed E-state index contributed by atoms with van der Waals surface area (Å²) in [5, 5.41) is 17.4. The number of amidine groups is 1. The standard InChI is InChI=1S/C22H17ClF3N5O4/c1-14(29-35-21(32)28-16-7-3-2-4-8-16)30(19-9-5-6-10-20(19)31(33)34)13-18-17(23)11-15(12-27-18)22(24,25)26/h2-12H,13H2,1H3,(H,28,32). The first-order valence-electron chi connectivity index (χ1n) is 9.86. The average molecular weight is 508 g/mol. The molecule has 9 nitrogen and oxygen atoms in total. The van der Waals surface area contributed by atoms with Gasteiger partial charge in [-0.25, -0.2) is 4.79 Å². The number of alkyl halides is 3. The molecule has 0 atom stereocenters. The molecule has 0 bridgehead atoms. The summed E-state index contributed by atoms with van der Waals surface area (Å²) in [6.07, 6.45) is -4.97. The normalized spacial score (nSPS) is 11.6. The van der Waals surface area contributed by atoms with E-state index in [-0.39, 0.29) is 34.5 Å². The summed E-state index contributed by atoms with van der Waals surface area (Å²) in [5.41, 5.74) is -0.903. The number of hydrogen-bond donors (Lipinski definition) is 1. The molecule has 3 rings (SSSR count). The van der Waals surface area contributed by atoms with E-state index in [9.17, 15) is 28.1 Å². The lowest BCUT2D eigenvalue weighted by atomic mass is 10.2. The summed E-state index contributed by atoms with van der Waals surface area (Å²) >= 11 is 6.03. The Bertz CT molecular complexity index is 1260. The number of benzene rings is 2. The molecule has 0 saturated carbocycles. The van der Waals surface area contributed by atoms with Crippen LogP contribution in [0.4, 0.5) is 35.0 Å². The number of rotatable bonds is 6. The molecule has 1 amide bonds. The lowest BCUT2D eigenvalue weighted by Crippen LogP contribution is -2.30. The second kappa shape index (κ2) is 10.8. The maximum Gasteiger partial charge on any atom is 0.437 e. The lowest BCUT2D eigenvalue weighted by Gasteiger charge is -2.23. The maximum absolute atomic E-state index is 13.0. The van der Waals surface area contributed by atoms with Gasteiger partial charge in [0.1, 0.15) is 11.5 Å². The summed E-state index contributed by atoms with van der Waals surface area (Å²) in [5.74, 6) is -0.0275. The third-order valence-electron chi connectivity index (χ3n) is 4.59. The molecule has 0 aliphatic carbocycles. The van der Waals surface area contributed by atoms with E-state index in [0.29, 0.717) is 18.0 Å². The van der Waals surface area contributed by atoms with Crippen molar-refractivity contribution in [3.63, 3.8) is 0 Å². The van der Waals surface area contributed by atoms with Gasteiger partial charge in [-0.05, 0) is 31.2 Å². The van der Waals surface area contributed by atoms with Crippen molar-refractivity contribution in [2.24, 2.45) is 5.16 Å². The van der Waals surface area contributed by atoms with E-state index in [1.807, 2.05) is 0 Å². The van der Waals surface area contributed by atoms with Gasteiger partial charge in [0.25, 0.3) is 5.69 Å². The molecule has 0 unspecified atom stereocenters. The fourth-order valence-corrected chi connectivity index (χ4v) is 3.15. The minimum atomic E-state index is -4.65. The summed E-state index contributed by atoms with van der Waals surface area (Å²) in [7, 11) is 0. The van der Waals surface area contributed by atoms with Crippen LogP contribution in [0.25, 0.3) is 0 Å². The number of aromatic nitrogens is 1. The topological polar surface area (TPSA) is 110 Å². The second-order valence-corrected chi connectivity index (χ2v) is 7.40. The molecule has 3 aromatic rings. The molecular formula is C22H17ClF3N5O4. The van der Waals surface area contributed by atoms with Gasteiger partial charge in [0.05, 0.1) is 27.7 Å². The first-order chi connectivity index (χ1) is 16.6. The van der Waals surface area contributed by atoms with Gasteiger partial charge in [-0.3, -0.25) is 25.3 Å². The van der Waals surface area contributed by atoms with Crippen molar-refractivity contribution in [1.82, 2.24) is 4.98 Å². The number of carbonyl (C=O) groups excluding carboxylic acids is 1. The zero-order chi connectivity index (χ0) is 25.6. The molecule has 13 heteroatoms. The van der Waals surface area contributed by atoms with Crippen LogP contribution < -0.4 is 10.2 Å². The molecule has 0 spiro atoms. The number of amides is 1. The van der Waals surface area contributed by atoms with Gasteiger partial charge in [-0.15, -0.1) is 0 Å². The van der Waals surface area contributed by atoms with Crippen LogP contribution in [0.2, 0.25) is 5.02 Å². The third kappa shape index (κ3) is 6.67. The Labute approximate surface area is 201 Å². The van der Waals surface area contributed by atoms with Crippen molar-refractivity contribution in [1.29, 1.82) is 0 Å². The van der Waals surface area contributed by atoms with E-state index in [1.165, 1.54) is 36.1 Å². The molecule has 2 aromatic carbocycles. The van der Waals surface area contributed by atoms with Gasteiger partial charge in [0, 0.05) is 18.0 Å². The molecule has 0 saturated heterocycles.